The van der Waals surface area contributed by atoms with Crippen molar-refractivity contribution in [2.45, 2.75) is 39.0 Å². The van der Waals surface area contributed by atoms with Crippen molar-refractivity contribution in [1.29, 1.82) is 5.26 Å². The highest BCUT2D eigenvalue weighted by atomic mass is 16.5. The molecule has 1 aliphatic rings. The Labute approximate surface area is 166 Å². The highest BCUT2D eigenvalue weighted by Crippen LogP contribution is 2.43. The molecule has 0 heterocycles. The van der Waals surface area contributed by atoms with Crippen LogP contribution in [0.15, 0.2) is 54.6 Å². The van der Waals surface area contributed by atoms with Crippen LogP contribution < -0.4 is 4.74 Å². The van der Waals surface area contributed by atoms with Crippen LogP contribution in [0.1, 0.15) is 54.9 Å². The Balaban J connectivity index is 1.64. The third-order valence-corrected chi connectivity index (χ3v) is 5.80. The van der Waals surface area contributed by atoms with Crippen LogP contribution in [0.2, 0.25) is 0 Å². The first-order valence-electron chi connectivity index (χ1n) is 9.89. The molecular formula is C24H25NO3. The normalized spacial score (nSPS) is 21.1. The van der Waals surface area contributed by atoms with Crippen LogP contribution in [0, 0.1) is 29.1 Å². The fourth-order valence-corrected chi connectivity index (χ4v) is 4.28. The molecule has 1 aliphatic carbocycles. The summed E-state index contributed by atoms with van der Waals surface area (Å²) >= 11 is 0. The molecule has 3 rings (SSSR count). The van der Waals surface area contributed by atoms with Crippen molar-refractivity contribution in [3.05, 3.63) is 65.7 Å². The minimum Gasteiger partial charge on any atom is -0.427 e. The average molecular weight is 375 g/mol. The molecule has 0 radical (unpaired) electrons. The number of hydrogen-bond acceptors (Lipinski definition) is 4. The maximum absolute atomic E-state index is 12.7. The Morgan fingerprint density at radius 1 is 1.00 bits per heavy atom. The Kier molecular flexibility index (Phi) is 6.60. The van der Waals surface area contributed by atoms with Gasteiger partial charge in [0.1, 0.15) is 5.75 Å². The number of para-hydroxylation sites is 1. The van der Waals surface area contributed by atoms with Crippen LogP contribution in [0.25, 0.3) is 0 Å². The lowest BCUT2D eigenvalue weighted by molar-refractivity contribution is -0.136. The molecule has 0 spiro atoms. The van der Waals surface area contributed by atoms with E-state index in [1.54, 1.807) is 36.4 Å². The van der Waals surface area contributed by atoms with E-state index in [9.17, 15) is 9.59 Å². The van der Waals surface area contributed by atoms with Gasteiger partial charge in [-0.1, -0.05) is 43.7 Å². The van der Waals surface area contributed by atoms with Crippen LogP contribution in [-0.2, 0) is 4.79 Å². The number of benzene rings is 2. The summed E-state index contributed by atoms with van der Waals surface area (Å²) in [5.74, 6) is 1.21. The fourth-order valence-electron chi connectivity index (χ4n) is 4.28. The minimum atomic E-state index is -0.229. The molecule has 4 heteroatoms. The molecular weight excluding hydrogens is 350 g/mol. The van der Waals surface area contributed by atoms with Gasteiger partial charge in [-0.2, -0.15) is 5.26 Å². The van der Waals surface area contributed by atoms with Crippen molar-refractivity contribution in [2.75, 3.05) is 0 Å². The van der Waals surface area contributed by atoms with Crippen LogP contribution in [0.4, 0.5) is 0 Å². The molecule has 28 heavy (non-hydrogen) atoms. The molecule has 1 saturated carbocycles. The quantitative estimate of drug-likeness (QED) is 0.380. The lowest BCUT2D eigenvalue weighted by Crippen LogP contribution is -2.23. The van der Waals surface area contributed by atoms with E-state index < -0.39 is 0 Å². The lowest BCUT2D eigenvalue weighted by Gasteiger charge is -2.23. The second-order valence-corrected chi connectivity index (χ2v) is 7.48. The minimum absolute atomic E-state index is 0.0765. The largest absolute Gasteiger partial charge is 0.427 e. The van der Waals surface area contributed by atoms with E-state index in [0.29, 0.717) is 35.6 Å². The number of esters is 1. The van der Waals surface area contributed by atoms with Crippen molar-refractivity contribution in [1.82, 2.24) is 0 Å². The van der Waals surface area contributed by atoms with Crippen molar-refractivity contribution in [2.24, 2.45) is 17.8 Å². The Morgan fingerprint density at radius 3 is 2.32 bits per heavy atom. The highest BCUT2D eigenvalue weighted by molar-refractivity contribution is 5.96. The number of nitriles is 1. The SMILES string of the molecule is CCC1CCC(CC(=O)c2ccc(C#N)cc2)C1CC(=O)Oc1ccccc1. The molecule has 2 aromatic rings. The Morgan fingerprint density at radius 2 is 1.68 bits per heavy atom. The first-order chi connectivity index (χ1) is 13.6. The third kappa shape index (κ3) is 4.86. The van der Waals surface area contributed by atoms with E-state index >= 15 is 0 Å². The van der Waals surface area contributed by atoms with Crippen molar-refractivity contribution >= 4 is 11.8 Å². The number of carbonyl (C=O) groups is 2. The van der Waals surface area contributed by atoms with E-state index in [2.05, 4.69) is 13.0 Å². The van der Waals surface area contributed by atoms with E-state index in [-0.39, 0.29) is 23.6 Å². The maximum atomic E-state index is 12.7. The molecule has 0 aliphatic heterocycles. The number of ketones is 1. The molecule has 0 N–H and O–H groups in total. The van der Waals surface area contributed by atoms with E-state index in [1.165, 1.54) is 0 Å². The van der Waals surface area contributed by atoms with Crippen molar-refractivity contribution < 1.29 is 14.3 Å². The van der Waals surface area contributed by atoms with Crippen LogP contribution in [-0.4, -0.2) is 11.8 Å². The topological polar surface area (TPSA) is 67.2 Å². The van der Waals surface area contributed by atoms with Gasteiger partial charge in [0.2, 0.25) is 0 Å². The molecule has 0 amide bonds. The van der Waals surface area contributed by atoms with Gasteiger partial charge in [0.15, 0.2) is 5.78 Å². The summed E-state index contributed by atoms with van der Waals surface area (Å²) in [4.78, 5) is 25.2. The zero-order valence-electron chi connectivity index (χ0n) is 16.1. The van der Waals surface area contributed by atoms with Crippen LogP contribution in [0.5, 0.6) is 5.75 Å². The van der Waals surface area contributed by atoms with Gasteiger partial charge in [-0.15, -0.1) is 0 Å². The summed E-state index contributed by atoms with van der Waals surface area (Å²) in [5, 5.41) is 8.90. The highest BCUT2D eigenvalue weighted by Gasteiger charge is 2.37. The lowest BCUT2D eigenvalue weighted by atomic mass is 9.82. The number of rotatable bonds is 7. The van der Waals surface area contributed by atoms with E-state index in [1.807, 2.05) is 18.2 Å². The number of Topliss-reactive ketones (excluding diaryl/α,β-unsaturated/α-hetero) is 1. The first-order valence-corrected chi connectivity index (χ1v) is 9.89. The summed E-state index contributed by atoms with van der Waals surface area (Å²) in [5.41, 5.74) is 1.18. The molecule has 4 nitrogen and oxygen atoms in total. The smallest absolute Gasteiger partial charge is 0.311 e. The van der Waals surface area contributed by atoms with Gasteiger partial charge in [0.05, 0.1) is 11.6 Å². The van der Waals surface area contributed by atoms with E-state index in [4.69, 9.17) is 10.00 Å². The summed E-state index contributed by atoms with van der Waals surface area (Å²) in [6.45, 7) is 2.14. The summed E-state index contributed by atoms with van der Waals surface area (Å²) in [7, 11) is 0. The van der Waals surface area contributed by atoms with Crippen molar-refractivity contribution in [3.8, 4) is 11.8 Å². The zero-order chi connectivity index (χ0) is 19.9. The summed E-state index contributed by atoms with van der Waals surface area (Å²) in [6, 6.07) is 17.9. The second-order valence-electron chi connectivity index (χ2n) is 7.48. The van der Waals surface area contributed by atoms with Gasteiger partial charge in [-0.3, -0.25) is 9.59 Å². The van der Waals surface area contributed by atoms with Crippen LogP contribution in [0.3, 0.4) is 0 Å². The molecule has 1 fully saturated rings. The van der Waals surface area contributed by atoms with Crippen LogP contribution >= 0.6 is 0 Å². The summed E-state index contributed by atoms with van der Waals surface area (Å²) in [6.07, 6.45) is 3.80. The molecule has 0 aromatic heterocycles. The van der Waals surface area contributed by atoms with Gasteiger partial charge in [-0.25, -0.2) is 0 Å². The number of hydrogen-bond donors (Lipinski definition) is 0. The van der Waals surface area contributed by atoms with Gasteiger partial charge < -0.3 is 4.74 Å². The third-order valence-electron chi connectivity index (χ3n) is 5.80. The van der Waals surface area contributed by atoms with Crippen molar-refractivity contribution in [3.63, 3.8) is 0 Å². The summed E-state index contributed by atoms with van der Waals surface area (Å²) < 4.78 is 5.48. The van der Waals surface area contributed by atoms with Gasteiger partial charge in [0, 0.05) is 18.4 Å². The van der Waals surface area contributed by atoms with Gasteiger partial charge in [-0.05, 0) is 54.9 Å². The molecule has 3 unspecified atom stereocenters. The standard InChI is InChI=1S/C24H25NO3/c1-2-18-12-13-20(14-23(26)19-10-8-17(16-25)9-11-19)22(18)15-24(27)28-21-6-4-3-5-7-21/h3-11,18,20,22H,2,12-15H2,1H3. The predicted octanol–water partition coefficient (Wildman–Crippen LogP) is 5.18. The Bertz CT molecular complexity index is 852. The zero-order valence-corrected chi connectivity index (χ0v) is 16.1. The van der Waals surface area contributed by atoms with E-state index in [0.717, 1.165) is 19.3 Å². The fraction of sp³-hybridized carbons (Fsp3) is 0.375. The molecule has 0 saturated heterocycles. The van der Waals surface area contributed by atoms with Gasteiger partial charge in [0.25, 0.3) is 0 Å². The van der Waals surface area contributed by atoms with Gasteiger partial charge >= 0.3 is 5.97 Å². The average Bonchev–Trinajstić information content (AvgIpc) is 3.09. The molecule has 144 valence electrons. The maximum Gasteiger partial charge on any atom is 0.311 e. The molecule has 2 aromatic carbocycles. The molecule has 0 bridgehead atoms. The first kappa shape index (κ1) is 19.8. The number of nitrogens with zero attached hydrogens (tertiary/aromatic N) is 1. The Hall–Kier alpha value is -2.93. The number of ether oxygens (including phenoxy) is 1. The predicted molar refractivity (Wildman–Crippen MR) is 107 cm³/mol. The number of carbonyl (C=O) groups excluding carboxylic acids is 2. The molecule has 3 atom stereocenters. The second kappa shape index (κ2) is 9.32. The monoisotopic (exact) mass is 375 g/mol.